The number of pyridine rings is 1. The molecule has 4 rings (SSSR count). The van der Waals surface area contributed by atoms with Crippen molar-refractivity contribution in [1.82, 2.24) is 9.38 Å². The number of nitrogens with one attached hydrogen (secondary N) is 1. The first-order chi connectivity index (χ1) is 13.1. The summed E-state index contributed by atoms with van der Waals surface area (Å²) >= 11 is 0. The van der Waals surface area contributed by atoms with Crippen LogP contribution in [0.15, 0.2) is 65.9 Å². The lowest BCUT2D eigenvalue weighted by Gasteiger charge is -2.23. The second kappa shape index (κ2) is 7.15. The molecule has 6 nitrogen and oxygen atoms in total. The number of anilines is 2. The normalized spacial score (nSPS) is 14.8. The molecule has 0 spiro atoms. The van der Waals surface area contributed by atoms with Crippen LogP contribution >= 0.6 is 0 Å². The quantitative estimate of drug-likeness (QED) is 0.770. The maximum atomic E-state index is 12.7. The summed E-state index contributed by atoms with van der Waals surface area (Å²) in [6, 6.07) is 13.7. The lowest BCUT2D eigenvalue weighted by atomic mass is 10.1. The molecule has 0 saturated heterocycles. The first kappa shape index (κ1) is 17.1. The molecule has 1 atom stereocenters. The highest BCUT2D eigenvalue weighted by molar-refractivity contribution is 5.58. The molecule has 1 aromatic carbocycles. The Kier molecular flexibility index (Phi) is 4.54. The Morgan fingerprint density at radius 2 is 2.04 bits per heavy atom. The molecule has 0 fully saturated rings. The van der Waals surface area contributed by atoms with E-state index in [-0.39, 0.29) is 11.6 Å². The molecular formula is C21H22N4O2. The summed E-state index contributed by atoms with van der Waals surface area (Å²) in [5, 5.41) is 3.49. The number of ether oxygens (including phenoxy) is 1. The van der Waals surface area contributed by atoms with Crippen molar-refractivity contribution >= 4 is 17.2 Å². The molecular weight excluding hydrogens is 340 g/mol. The molecule has 27 heavy (non-hydrogen) atoms. The minimum absolute atomic E-state index is 0.00955. The van der Waals surface area contributed by atoms with Crippen molar-refractivity contribution in [2.45, 2.75) is 19.9 Å². The molecule has 3 heterocycles. The topological polar surface area (TPSA) is 58.9 Å². The third-order valence-corrected chi connectivity index (χ3v) is 4.62. The van der Waals surface area contributed by atoms with Crippen molar-refractivity contribution in [3.63, 3.8) is 0 Å². The predicted octanol–water partition coefficient (Wildman–Crippen LogP) is 3.48. The van der Waals surface area contributed by atoms with Gasteiger partial charge in [0.2, 0.25) is 0 Å². The minimum Gasteiger partial charge on any atom is -0.498 e. The van der Waals surface area contributed by atoms with E-state index in [0.717, 1.165) is 16.8 Å². The number of aryl methyl sites for hydroxylation is 1. The highest BCUT2D eigenvalue weighted by Gasteiger charge is 2.16. The molecule has 2 aromatic heterocycles. The first-order valence-corrected chi connectivity index (χ1v) is 9.02. The third-order valence-electron chi connectivity index (χ3n) is 4.62. The van der Waals surface area contributed by atoms with Gasteiger partial charge in [-0.05, 0) is 37.6 Å². The average Bonchev–Trinajstić information content (AvgIpc) is 2.69. The van der Waals surface area contributed by atoms with E-state index in [2.05, 4.69) is 18.3 Å². The maximum Gasteiger partial charge on any atom is 0.259 e. The summed E-state index contributed by atoms with van der Waals surface area (Å²) < 4.78 is 6.87. The molecule has 6 heteroatoms. The van der Waals surface area contributed by atoms with Gasteiger partial charge >= 0.3 is 0 Å². The summed E-state index contributed by atoms with van der Waals surface area (Å²) in [6.07, 6.45) is 5.27. The van der Waals surface area contributed by atoms with Crippen LogP contribution < -0.4 is 15.8 Å². The Balaban J connectivity index is 1.81. The van der Waals surface area contributed by atoms with Gasteiger partial charge in [-0.2, -0.15) is 0 Å². The number of fused-ring (bicyclic) bond motifs is 1. The zero-order valence-corrected chi connectivity index (χ0v) is 15.4. The van der Waals surface area contributed by atoms with Crippen LogP contribution in [0.1, 0.15) is 24.1 Å². The van der Waals surface area contributed by atoms with Gasteiger partial charge in [0, 0.05) is 29.7 Å². The van der Waals surface area contributed by atoms with Crippen LogP contribution in [0.4, 0.5) is 11.5 Å². The summed E-state index contributed by atoms with van der Waals surface area (Å²) in [6.45, 7) is 5.31. The molecule has 0 radical (unpaired) electrons. The molecule has 1 aliphatic heterocycles. The van der Waals surface area contributed by atoms with Gasteiger partial charge in [-0.15, -0.1) is 0 Å². The van der Waals surface area contributed by atoms with Gasteiger partial charge in [-0.1, -0.05) is 18.2 Å². The van der Waals surface area contributed by atoms with Gasteiger partial charge in [0.25, 0.3) is 5.56 Å². The summed E-state index contributed by atoms with van der Waals surface area (Å²) in [7, 11) is 0. The zero-order chi connectivity index (χ0) is 18.8. The maximum absolute atomic E-state index is 12.7. The lowest BCUT2D eigenvalue weighted by Crippen LogP contribution is -2.28. The second-order valence-electron chi connectivity index (χ2n) is 6.70. The fraction of sp³-hybridized carbons (Fsp3) is 0.238. The Morgan fingerprint density at radius 1 is 1.22 bits per heavy atom. The van der Waals surface area contributed by atoms with E-state index in [1.165, 1.54) is 0 Å². The standard InChI is InChI=1S/C21H22N4O2/c1-15-12-18(16(2)22-17-6-4-3-5-7-17)21-23-19(13-20(26)25(21)14-15)24-8-10-27-11-9-24/h3-8,10,12-14,16,22H,9,11H2,1-2H3/t16-/m1/s1. The molecule has 1 aliphatic rings. The Morgan fingerprint density at radius 3 is 2.78 bits per heavy atom. The van der Waals surface area contributed by atoms with E-state index in [0.29, 0.717) is 24.6 Å². The van der Waals surface area contributed by atoms with E-state index in [1.54, 1.807) is 22.9 Å². The van der Waals surface area contributed by atoms with E-state index in [4.69, 9.17) is 9.72 Å². The third kappa shape index (κ3) is 3.51. The number of benzene rings is 1. The van der Waals surface area contributed by atoms with Gasteiger partial charge in [-0.3, -0.25) is 9.20 Å². The highest BCUT2D eigenvalue weighted by Crippen LogP contribution is 2.24. The Bertz CT molecular complexity index is 1040. The summed E-state index contributed by atoms with van der Waals surface area (Å²) in [5.74, 6) is 0.636. The molecule has 0 bridgehead atoms. The largest absolute Gasteiger partial charge is 0.498 e. The Hall–Kier alpha value is -3.28. The van der Waals surface area contributed by atoms with Gasteiger partial charge < -0.3 is 15.0 Å². The SMILES string of the molecule is Cc1cc([C@@H](C)Nc2ccccc2)c2nc(N3C=COCC3)cc(=O)n2c1. The van der Waals surface area contributed by atoms with Crippen molar-refractivity contribution in [3.8, 4) is 0 Å². The van der Waals surface area contributed by atoms with Gasteiger partial charge in [0.1, 0.15) is 18.1 Å². The summed E-state index contributed by atoms with van der Waals surface area (Å²) in [4.78, 5) is 19.5. The van der Waals surface area contributed by atoms with Gasteiger partial charge in [0.05, 0.1) is 18.8 Å². The molecule has 0 unspecified atom stereocenters. The molecule has 1 N–H and O–H groups in total. The Labute approximate surface area is 157 Å². The van der Waals surface area contributed by atoms with E-state index < -0.39 is 0 Å². The van der Waals surface area contributed by atoms with Crippen LogP contribution in [0.5, 0.6) is 0 Å². The van der Waals surface area contributed by atoms with Crippen LogP contribution in [0.3, 0.4) is 0 Å². The molecule has 0 amide bonds. The highest BCUT2D eigenvalue weighted by atomic mass is 16.5. The monoisotopic (exact) mass is 362 g/mol. The van der Waals surface area contributed by atoms with Gasteiger partial charge in [-0.25, -0.2) is 4.98 Å². The number of aromatic nitrogens is 2. The van der Waals surface area contributed by atoms with E-state index in [1.807, 2.05) is 48.4 Å². The predicted molar refractivity (Wildman–Crippen MR) is 107 cm³/mol. The molecule has 0 saturated carbocycles. The molecule has 138 valence electrons. The van der Waals surface area contributed by atoms with Crippen LogP contribution in [0.2, 0.25) is 0 Å². The van der Waals surface area contributed by atoms with Crippen molar-refractivity contribution in [2.75, 3.05) is 23.4 Å². The van der Waals surface area contributed by atoms with Crippen LogP contribution in [0.25, 0.3) is 5.65 Å². The number of hydrogen-bond acceptors (Lipinski definition) is 5. The van der Waals surface area contributed by atoms with E-state index >= 15 is 0 Å². The number of para-hydroxylation sites is 1. The minimum atomic E-state index is -0.0910. The fourth-order valence-electron chi connectivity index (χ4n) is 3.29. The first-order valence-electron chi connectivity index (χ1n) is 9.02. The number of nitrogens with zero attached hydrogens (tertiary/aromatic N) is 3. The lowest BCUT2D eigenvalue weighted by molar-refractivity contribution is 0.245. The van der Waals surface area contributed by atoms with Crippen LogP contribution in [-0.4, -0.2) is 22.5 Å². The summed E-state index contributed by atoms with van der Waals surface area (Å²) in [5.41, 5.74) is 3.60. The van der Waals surface area contributed by atoms with Crippen molar-refractivity contribution < 1.29 is 4.74 Å². The number of hydrogen-bond donors (Lipinski definition) is 1. The zero-order valence-electron chi connectivity index (χ0n) is 15.4. The fourth-order valence-corrected chi connectivity index (χ4v) is 3.29. The van der Waals surface area contributed by atoms with Crippen molar-refractivity contribution in [3.05, 3.63) is 82.6 Å². The number of rotatable bonds is 4. The molecule has 0 aliphatic carbocycles. The van der Waals surface area contributed by atoms with Crippen molar-refractivity contribution in [1.29, 1.82) is 0 Å². The molecule has 3 aromatic rings. The van der Waals surface area contributed by atoms with Crippen molar-refractivity contribution in [2.24, 2.45) is 0 Å². The smallest absolute Gasteiger partial charge is 0.259 e. The van der Waals surface area contributed by atoms with E-state index in [9.17, 15) is 4.79 Å². The average molecular weight is 362 g/mol. The van der Waals surface area contributed by atoms with Crippen LogP contribution in [0, 0.1) is 6.92 Å². The van der Waals surface area contributed by atoms with Crippen LogP contribution in [-0.2, 0) is 4.74 Å². The van der Waals surface area contributed by atoms with Gasteiger partial charge in [0.15, 0.2) is 0 Å². The second-order valence-corrected chi connectivity index (χ2v) is 6.70.